The molecule has 2 atom stereocenters. The lowest BCUT2D eigenvalue weighted by Crippen LogP contribution is -2.31. The first-order valence-electron chi connectivity index (χ1n) is 6.46. The molecule has 0 radical (unpaired) electrons. The minimum absolute atomic E-state index is 0.0202. The molecule has 1 amide bonds. The van der Waals surface area contributed by atoms with E-state index < -0.39 is 0 Å². The Morgan fingerprint density at radius 1 is 1.57 bits per heavy atom. The Hall–Kier alpha value is -1.25. The van der Waals surface area contributed by atoms with E-state index in [1.54, 1.807) is 18.9 Å². The zero-order chi connectivity index (χ0) is 15.0. The molecule has 0 aromatic carbocycles. The quantitative estimate of drug-likeness (QED) is 0.829. The third-order valence-electron chi connectivity index (χ3n) is 3.50. The number of aryl methyl sites for hydroxylation is 1. The molecule has 0 bridgehead atoms. The predicted octanol–water partition coefficient (Wildman–Crippen LogP) is 2.80. The van der Waals surface area contributed by atoms with E-state index in [0.29, 0.717) is 30.3 Å². The summed E-state index contributed by atoms with van der Waals surface area (Å²) in [5.41, 5.74) is 0.657. The maximum absolute atomic E-state index is 12.7. The molecule has 6 nitrogen and oxygen atoms in total. The molecule has 0 spiro atoms. The van der Waals surface area contributed by atoms with E-state index in [0.717, 1.165) is 3.79 Å². The number of hydrogen-bond acceptors (Lipinski definition) is 6. The van der Waals surface area contributed by atoms with Gasteiger partial charge >= 0.3 is 0 Å². The summed E-state index contributed by atoms with van der Waals surface area (Å²) in [6.07, 6.45) is 0.642. The normalized spacial score (nSPS) is 22.0. The van der Waals surface area contributed by atoms with E-state index in [1.165, 1.54) is 11.3 Å². The van der Waals surface area contributed by atoms with E-state index in [4.69, 9.17) is 9.15 Å². The number of thiophene rings is 1. The second-order valence-corrected chi connectivity index (χ2v) is 7.16. The van der Waals surface area contributed by atoms with Gasteiger partial charge in [-0.05, 0) is 22.0 Å². The van der Waals surface area contributed by atoms with Crippen LogP contribution < -0.4 is 0 Å². The monoisotopic (exact) mass is 371 g/mol. The van der Waals surface area contributed by atoms with Gasteiger partial charge in [0.05, 0.1) is 15.5 Å². The summed E-state index contributed by atoms with van der Waals surface area (Å²) in [5.74, 6) is 0.920. The van der Waals surface area contributed by atoms with Gasteiger partial charge in [0.2, 0.25) is 11.8 Å². The van der Waals surface area contributed by atoms with Crippen molar-refractivity contribution in [1.29, 1.82) is 0 Å². The van der Waals surface area contributed by atoms with Crippen LogP contribution in [0.2, 0.25) is 0 Å². The average Bonchev–Trinajstić information content (AvgIpc) is 3.16. The smallest absolute Gasteiger partial charge is 0.255 e. The van der Waals surface area contributed by atoms with Crippen LogP contribution in [-0.2, 0) is 4.74 Å². The molecule has 2 aromatic rings. The lowest BCUT2D eigenvalue weighted by Gasteiger charge is -2.21. The van der Waals surface area contributed by atoms with E-state index in [2.05, 4.69) is 26.1 Å². The number of likely N-dealkylation sites (tertiary alicyclic amines) is 1. The number of methoxy groups -OCH3 is 1. The van der Waals surface area contributed by atoms with Crippen molar-refractivity contribution in [3.8, 4) is 0 Å². The summed E-state index contributed by atoms with van der Waals surface area (Å²) in [5, 5.41) is 9.74. The summed E-state index contributed by atoms with van der Waals surface area (Å²) in [4.78, 5) is 14.4. The highest BCUT2D eigenvalue weighted by molar-refractivity contribution is 9.11. The predicted molar refractivity (Wildman–Crippen MR) is 80.2 cm³/mol. The minimum Gasteiger partial charge on any atom is -0.423 e. The van der Waals surface area contributed by atoms with Crippen LogP contribution in [0.25, 0.3) is 0 Å². The van der Waals surface area contributed by atoms with Gasteiger partial charge in [-0.25, -0.2) is 0 Å². The maximum Gasteiger partial charge on any atom is 0.255 e. The van der Waals surface area contributed by atoms with Crippen molar-refractivity contribution < 1.29 is 13.9 Å². The molecular formula is C13H14BrN3O3S. The zero-order valence-corrected chi connectivity index (χ0v) is 14.0. The molecule has 3 rings (SSSR count). The van der Waals surface area contributed by atoms with Crippen molar-refractivity contribution in [3.05, 3.63) is 32.6 Å². The Balaban J connectivity index is 1.88. The fourth-order valence-electron chi connectivity index (χ4n) is 2.46. The van der Waals surface area contributed by atoms with Crippen molar-refractivity contribution in [2.45, 2.75) is 25.5 Å². The molecule has 112 valence electrons. The number of nitrogens with zero attached hydrogens (tertiary/aromatic N) is 3. The third-order valence-corrected chi connectivity index (χ3v) is 5.00. The van der Waals surface area contributed by atoms with E-state index in [-0.39, 0.29) is 18.1 Å². The van der Waals surface area contributed by atoms with Crippen molar-refractivity contribution in [2.24, 2.45) is 0 Å². The molecule has 1 aliphatic heterocycles. The Kier molecular flexibility index (Phi) is 4.10. The van der Waals surface area contributed by atoms with Gasteiger partial charge in [-0.3, -0.25) is 4.79 Å². The number of ether oxygens (including phenoxy) is 1. The minimum atomic E-state index is -0.234. The number of halogens is 1. The summed E-state index contributed by atoms with van der Waals surface area (Å²) in [7, 11) is 1.65. The first kappa shape index (κ1) is 14.7. The highest BCUT2D eigenvalue weighted by Crippen LogP contribution is 2.34. The van der Waals surface area contributed by atoms with Gasteiger partial charge < -0.3 is 14.1 Å². The lowest BCUT2D eigenvalue weighted by molar-refractivity contribution is 0.0674. The van der Waals surface area contributed by atoms with Crippen molar-refractivity contribution in [3.63, 3.8) is 0 Å². The third kappa shape index (κ3) is 2.88. The van der Waals surface area contributed by atoms with Crippen LogP contribution in [0.3, 0.4) is 0 Å². The highest BCUT2D eigenvalue weighted by Gasteiger charge is 2.39. The van der Waals surface area contributed by atoms with Gasteiger partial charge in [-0.15, -0.1) is 21.5 Å². The largest absolute Gasteiger partial charge is 0.423 e. The summed E-state index contributed by atoms with van der Waals surface area (Å²) in [6, 6.07) is 1.59. The number of hydrogen-bond donors (Lipinski definition) is 0. The van der Waals surface area contributed by atoms with Crippen LogP contribution in [0, 0.1) is 6.92 Å². The SMILES string of the molecule is CO[C@H]1C[C@H](c2nnc(C)o2)N(C(=O)c2csc(Br)c2)C1. The van der Waals surface area contributed by atoms with Gasteiger partial charge in [-0.1, -0.05) is 0 Å². The Morgan fingerprint density at radius 3 is 2.95 bits per heavy atom. The lowest BCUT2D eigenvalue weighted by atomic mass is 10.2. The molecule has 0 saturated carbocycles. The maximum atomic E-state index is 12.7. The molecule has 0 aliphatic carbocycles. The number of carbonyl (C=O) groups is 1. The molecule has 1 aliphatic rings. The van der Waals surface area contributed by atoms with Gasteiger partial charge in [0.15, 0.2) is 0 Å². The molecule has 1 saturated heterocycles. The van der Waals surface area contributed by atoms with E-state index in [9.17, 15) is 4.79 Å². The molecule has 0 N–H and O–H groups in total. The number of amides is 1. The van der Waals surface area contributed by atoms with Gasteiger partial charge in [0, 0.05) is 32.4 Å². The average molecular weight is 372 g/mol. The van der Waals surface area contributed by atoms with Gasteiger partial charge in [-0.2, -0.15) is 0 Å². The Morgan fingerprint density at radius 2 is 2.38 bits per heavy atom. The fourth-order valence-corrected chi connectivity index (χ4v) is 3.59. The van der Waals surface area contributed by atoms with Crippen LogP contribution in [-0.4, -0.2) is 40.8 Å². The second-order valence-electron chi connectivity index (χ2n) is 4.87. The summed E-state index contributed by atoms with van der Waals surface area (Å²) in [6.45, 7) is 2.26. The number of rotatable bonds is 3. The summed E-state index contributed by atoms with van der Waals surface area (Å²) < 4.78 is 11.8. The first-order valence-corrected chi connectivity index (χ1v) is 8.13. The standard InChI is InChI=1S/C13H14BrN3O3S/c1-7-15-16-12(20-7)10-4-9(19-2)5-17(10)13(18)8-3-11(14)21-6-8/h3,6,9-10H,4-5H2,1-2H3/t9-,10+/m0/s1. The molecule has 2 aromatic heterocycles. The fraction of sp³-hybridized carbons (Fsp3) is 0.462. The molecule has 21 heavy (non-hydrogen) atoms. The van der Waals surface area contributed by atoms with Crippen LogP contribution in [0.15, 0.2) is 19.6 Å². The topological polar surface area (TPSA) is 68.5 Å². The first-order chi connectivity index (χ1) is 10.1. The second kappa shape index (κ2) is 5.86. The number of carbonyl (C=O) groups excluding carboxylic acids is 1. The van der Waals surface area contributed by atoms with E-state index in [1.807, 2.05) is 11.4 Å². The van der Waals surface area contributed by atoms with Crippen molar-refractivity contribution in [2.75, 3.05) is 13.7 Å². The van der Waals surface area contributed by atoms with Crippen LogP contribution >= 0.6 is 27.3 Å². The molecular weight excluding hydrogens is 358 g/mol. The van der Waals surface area contributed by atoms with Crippen molar-refractivity contribution >= 4 is 33.2 Å². The van der Waals surface area contributed by atoms with Gasteiger partial charge in [0.1, 0.15) is 6.04 Å². The zero-order valence-electron chi connectivity index (χ0n) is 11.6. The molecule has 8 heteroatoms. The molecule has 0 unspecified atom stereocenters. The van der Waals surface area contributed by atoms with Crippen LogP contribution in [0.5, 0.6) is 0 Å². The number of aromatic nitrogens is 2. The Labute approximate surface area is 134 Å². The Bertz CT molecular complexity index is 657. The molecule has 3 heterocycles. The molecule has 1 fully saturated rings. The summed E-state index contributed by atoms with van der Waals surface area (Å²) >= 11 is 4.87. The highest BCUT2D eigenvalue weighted by atomic mass is 79.9. The van der Waals surface area contributed by atoms with Gasteiger partial charge in [0.25, 0.3) is 5.91 Å². The van der Waals surface area contributed by atoms with Crippen LogP contribution in [0.4, 0.5) is 0 Å². The van der Waals surface area contributed by atoms with Crippen LogP contribution in [0.1, 0.15) is 34.6 Å². The van der Waals surface area contributed by atoms with Crippen molar-refractivity contribution in [1.82, 2.24) is 15.1 Å². The van der Waals surface area contributed by atoms with E-state index >= 15 is 0 Å².